The first kappa shape index (κ1) is 19.4. The molecule has 27 heavy (non-hydrogen) atoms. The van der Waals surface area contributed by atoms with Crippen molar-refractivity contribution in [1.82, 2.24) is 4.98 Å². The molecule has 1 aliphatic heterocycles. The summed E-state index contributed by atoms with van der Waals surface area (Å²) >= 11 is 0. The van der Waals surface area contributed by atoms with E-state index in [1.165, 1.54) is 16.2 Å². The highest BCUT2D eigenvalue weighted by molar-refractivity contribution is 6.04. The molecule has 5 heteroatoms. The van der Waals surface area contributed by atoms with Crippen LogP contribution in [0.1, 0.15) is 51.5 Å². The van der Waals surface area contributed by atoms with Crippen LogP contribution in [0.25, 0.3) is 0 Å². The first-order valence-corrected chi connectivity index (χ1v) is 9.70. The number of Topliss-reactive ketones (excluding diaryl/α,β-unsaturated/α-hetero) is 2. The molecule has 3 rings (SSSR count). The van der Waals surface area contributed by atoms with Crippen molar-refractivity contribution < 1.29 is 14.5 Å². The number of ketones is 2. The van der Waals surface area contributed by atoms with Crippen LogP contribution < -0.4 is 9.80 Å². The van der Waals surface area contributed by atoms with E-state index in [4.69, 9.17) is 0 Å². The molecule has 2 aromatic rings. The molecule has 0 aliphatic carbocycles. The van der Waals surface area contributed by atoms with Crippen LogP contribution in [-0.2, 0) is 0 Å². The summed E-state index contributed by atoms with van der Waals surface area (Å²) < 4.78 is 0. The van der Waals surface area contributed by atoms with Crippen molar-refractivity contribution in [2.45, 2.75) is 40.7 Å². The first-order chi connectivity index (χ1) is 12.8. The fourth-order valence-corrected chi connectivity index (χ4v) is 4.31. The quantitative estimate of drug-likeness (QED) is 0.795. The second kappa shape index (κ2) is 7.69. The molecule has 1 fully saturated rings. The van der Waals surface area contributed by atoms with E-state index in [2.05, 4.69) is 41.1 Å². The van der Waals surface area contributed by atoms with Crippen LogP contribution in [0.3, 0.4) is 0 Å². The van der Waals surface area contributed by atoms with E-state index < -0.39 is 0 Å². The van der Waals surface area contributed by atoms with Gasteiger partial charge in [-0.3, -0.25) is 9.59 Å². The van der Waals surface area contributed by atoms with Crippen LogP contribution in [0, 0.1) is 20.8 Å². The third kappa shape index (κ3) is 3.69. The van der Waals surface area contributed by atoms with Crippen LogP contribution in [0.15, 0.2) is 24.3 Å². The Kier molecular flexibility index (Phi) is 5.51. The average Bonchev–Trinajstić information content (AvgIpc) is 2.95. The van der Waals surface area contributed by atoms with Crippen molar-refractivity contribution in [3.8, 4) is 0 Å². The Morgan fingerprint density at radius 1 is 1.11 bits per heavy atom. The van der Waals surface area contributed by atoms with Gasteiger partial charge in [0.05, 0.1) is 31.9 Å². The number of aryl methyl sites for hydroxylation is 2. The number of hydrogen-bond donors (Lipinski definition) is 2. The first-order valence-electron chi connectivity index (χ1n) is 9.70. The van der Waals surface area contributed by atoms with Crippen LogP contribution in [0.5, 0.6) is 0 Å². The van der Waals surface area contributed by atoms with Gasteiger partial charge in [0.2, 0.25) is 5.78 Å². The Labute approximate surface area is 161 Å². The standard InChI is InChI=1S/C22H29N3O2/c1-14-8-6-7-9-19(14)25-12-10-24(11-13-25)17(4)22(27)21-15(2)20(18(5)26)16(3)23-21/h6-9,17,23H,10-13H2,1-5H3/p+1/t17-/m1/s1. The smallest absolute Gasteiger partial charge is 0.235 e. The van der Waals surface area contributed by atoms with Gasteiger partial charge in [-0.2, -0.15) is 0 Å². The van der Waals surface area contributed by atoms with Gasteiger partial charge >= 0.3 is 0 Å². The van der Waals surface area contributed by atoms with Gasteiger partial charge < -0.3 is 14.8 Å². The average molecular weight is 369 g/mol. The van der Waals surface area contributed by atoms with Gasteiger partial charge in [0.1, 0.15) is 0 Å². The predicted molar refractivity (Wildman–Crippen MR) is 108 cm³/mol. The third-order valence-electron chi connectivity index (χ3n) is 5.90. The Morgan fingerprint density at radius 2 is 1.74 bits per heavy atom. The lowest BCUT2D eigenvalue weighted by atomic mass is 10.0. The van der Waals surface area contributed by atoms with Gasteiger partial charge in [0, 0.05) is 16.9 Å². The maximum atomic E-state index is 13.1. The minimum absolute atomic E-state index is 0.00662. The summed E-state index contributed by atoms with van der Waals surface area (Å²) in [5, 5.41) is 0. The monoisotopic (exact) mass is 368 g/mol. The van der Waals surface area contributed by atoms with E-state index in [-0.39, 0.29) is 17.6 Å². The minimum atomic E-state index is -0.124. The van der Waals surface area contributed by atoms with Gasteiger partial charge in [-0.1, -0.05) is 18.2 Å². The second-order valence-corrected chi connectivity index (χ2v) is 7.70. The normalized spacial score (nSPS) is 16.4. The SMILES string of the molecule is CC(=O)c1c(C)[nH]c(C(=O)[C@@H](C)[NH+]2CCN(c3ccccc3C)CC2)c1C. The summed E-state index contributed by atoms with van der Waals surface area (Å²) in [5.41, 5.74) is 5.41. The molecule has 1 aliphatic rings. The molecule has 1 atom stereocenters. The highest BCUT2D eigenvalue weighted by Gasteiger charge is 2.32. The second-order valence-electron chi connectivity index (χ2n) is 7.70. The highest BCUT2D eigenvalue weighted by Crippen LogP contribution is 2.20. The number of benzene rings is 1. The number of para-hydroxylation sites is 1. The molecule has 5 nitrogen and oxygen atoms in total. The van der Waals surface area contributed by atoms with E-state index >= 15 is 0 Å². The highest BCUT2D eigenvalue weighted by atomic mass is 16.1. The molecule has 0 amide bonds. The van der Waals surface area contributed by atoms with Crippen LogP contribution in [-0.4, -0.2) is 48.8 Å². The third-order valence-corrected chi connectivity index (χ3v) is 5.90. The molecule has 2 N–H and O–H groups in total. The summed E-state index contributed by atoms with van der Waals surface area (Å²) in [6.45, 7) is 13.2. The van der Waals surface area contributed by atoms with Crippen molar-refractivity contribution in [3.63, 3.8) is 0 Å². The number of nitrogens with zero attached hydrogens (tertiary/aromatic N) is 1. The number of piperazine rings is 1. The zero-order valence-corrected chi connectivity index (χ0v) is 17.0. The Morgan fingerprint density at radius 3 is 2.30 bits per heavy atom. The number of carbonyl (C=O) groups is 2. The summed E-state index contributed by atoms with van der Waals surface area (Å²) in [6.07, 6.45) is 0. The van der Waals surface area contributed by atoms with Crippen molar-refractivity contribution in [2.75, 3.05) is 31.1 Å². The van der Waals surface area contributed by atoms with Crippen molar-refractivity contribution in [1.29, 1.82) is 0 Å². The number of nitrogens with one attached hydrogen (secondary N) is 2. The summed E-state index contributed by atoms with van der Waals surface area (Å²) in [5.74, 6) is 0.106. The fourth-order valence-electron chi connectivity index (χ4n) is 4.31. The number of quaternary nitrogens is 1. The van der Waals surface area contributed by atoms with Crippen LogP contribution >= 0.6 is 0 Å². The molecule has 0 spiro atoms. The number of hydrogen-bond acceptors (Lipinski definition) is 3. The lowest BCUT2D eigenvalue weighted by Gasteiger charge is -2.36. The summed E-state index contributed by atoms with van der Waals surface area (Å²) in [7, 11) is 0. The zero-order valence-electron chi connectivity index (χ0n) is 17.0. The van der Waals surface area contributed by atoms with Gasteiger partial charge in [0.25, 0.3) is 0 Å². The molecule has 0 unspecified atom stereocenters. The number of carbonyl (C=O) groups excluding carboxylic acids is 2. The fraction of sp³-hybridized carbons (Fsp3) is 0.455. The summed E-state index contributed by atoms with van der Waals surface area (Å²) in [4.78, 5) is 31.8. The number of aromatic amines is 1. The van der Waals surface area contributed by atoms with Crippen molar-refractivity contribution >= 4 is 17.3 Å². The van der Waals surface area contributed by atoms with Crippen LogP contribution in [0.4, 0.5) is 5.69 Å². The van der Waals surface area contributed by atoms with E-state index in [0.717, 1.165) is 37.4 Å². The Balaban J connectivity index is 1.70. The molecule has 1 aromatic heterocycles. The lowest BCUT2D eigenvalue weighted by Crippen LogP contribution is -3.18. The number of H-pyrrole nitrogens is 1. The predicted octanol–water partition coefficient (Wildman–Crippen LogP) is 2.12. The molecule has 1 aromatic carbocycles. The molecule has 0 saturated carbocycles. The van der Waals surface area contributed by atoms with Crippen LogP contribution in [0.2, 0.25) is 0 Å². The molecule has 144 valence electrons. The van der Waals surface area contributed by atoms with E-state index in [0.29, 0.717) is 11.3 Å². The Bertz CT molecular complexity index is 860. The molecule has 1 saturated heterocycles. The number of aromatic nitrogens is 1. The van der Waals surface area contributed by atoms with Gasteiger partial charge in [-0.25, -0.2) is 0 Å². The Hall–Kier alpha value is -2.40. The zero-order chi connectivity index (χ0) is 19.7. The van der Waals surface area contributed by atoms with E-state index in [9.17, 15) is 9.59 Å². The molecule has 0 bridgehead atoms. The maximum absolute atomic E-state index is 13.1. The van der Waals surface area contributed by atoms with E-state index in [1.54, 1.807) is 6.92 Å². The molecular weight excluding hydrogens is 338 g/mol. The van der Waals surface area contributed by atoms with Crippen molar-refractivity contribution in [2.24, 2.45) is 0 Å². The summed E-state index contributed by atoms with van der Waals surface area (Å²) in [6, 6.07) is 8.33. The van der Waals surface area contributed by atoms with Crippen molar-refractivity contribution in [3.05, 3.63) is 52.3 Å². The topological polar surface area (TPSA) is 57.6 Å². The molecule has 2 heterocycles. The lowest BCUT2D eigenvalue weighted by molar-refractivity contribution is -0.914. The van der Waals surface area contributed by atoms with E-state index in [1.807, 2.05) is 20.8 Å². The molecule has 0 radical (unpaired) electrons. The number of anilines is 1. The van der Waals surface area contributed by atoms with Gasteiger partial charge in [0.15, 0.2) is 11.8 Å². The number of rotatable bonds is 5. The maximum Gasteiger partial charge on any atom is 0.235 e. The minimum Gasteiger partial charge on any atom is -0.360 e. The van der Waals surface area contributed by atoms with Gasteiger partial charge in [-0.05, 0) is 51.8 Å². The van der Waals surface area contributed by atoms with Gasteiger partial charge in [-0.15, -0.1) is 0 Å². The molecular formula is C22H30N3O2+. The largest absolute Gasteiger partial charge is 0.360 e.